The first-order chi connectivity index (χ1) is 6.27. The summed E-state index contributed by atoms with van der Waals surface area (Å²) in [4.78, 5) is 7.24. The Hall–Kier alpha value is -1.31. The molecule has 2 rings (SSSR count). The molecule has 0 unspecified atom stereocenters. The highest BCUT2D eigenvalue weighted by Crippen LogP contribution is 2.14. The average molecular weight is 176 g/mol. The Morgan fingerprint density at radius 2 is 1.69 bits per heavy atom. The van der Waals surface area contributed by atoms with Gasteiger partial charge in [0.15, 0.2) is 0 Å². The molecule has 0 aliphatic heterocycles. The number of hydrogen-bond acceptors (Lipinski definition) is 1. The number of aryl methyl sites for hydroxylation is 2. The molecule has 0 saturated heterocycles. The molecule has 0 saturated carbocycles. The standard InChI is InChI=1S/C9H10N2.C2H6/c1-6-3-8-9(4-7(6)2)11-5-10-8;1-2/h3-5H,1-2H3,(H,10,11);1-2H3. The maximum atomic E-state index is 4.17. The molecule has 0 aliphatic rings. The van der Waals surface area contributed by atoms with Crippen molar-refractivity contribution >= 4 is 11.0 Å². The molecule has 2 heteroatoms. The summed E-state index contributed by atoms with van der Waals surface area (Å²) in [6.07, 6.45) is 1.73. The van der Waals surface area contributed by atoms with Crippen LogP contribution in [0.15, 0.2) is 18.5 Å². The second-order valence-electron chi connectivity index (χ2n) is 2.86. The van der Waals surface area contributed by atoms with E-state index in [4.69, 9.17) is 0 Å². The Bertz CT molecular complexity index is 352. The topological polar surface area (TPSA) is 28.7 Å². The van der Waals surface area contributed by atoms with Crippen molar-refractivity contribution in [2.75, 3.05) is 0 Å². The number of benzene rings is 1. The molecule has 1 N–H and O–H groups in total. The van der Waals surface area contributed by atoms with E-state index in [2.05, 4.69) is 35.9 Å². The summed E-state index contributed by atoms with van der Waals surface area (Å²) in [6, 6.07) is 4.22. The number of aromatic nitrogens is 2. The van der Waals surface area contributed by atoms with Crippen LogP contribution in [-0.2, 0) is 0 Å². The zero-order valence-electron chi connectivity index (χ0n) is 8.68. The van der Waals surface area contributed by atoms with Crippen molar-refractivity contribution in [2.24, 2.45) is 0 Å². The fourth-order valence-corrected chi connectivity index (χ4v) is 1.19. The van der Waals surface area contributed by atoms with Crippen LogP contribution in [0.4, 0.5) is 0 Å². The van der Waals surface area contributed by atoms with Gasteiger partial charge >= 0.3 is 0 Å². The highest BCUT2D eigenvalue weighted by atomic mass is 14.9. The van der Waals surface area contributed by atoms with E-state index in [9.17, 15) is 0 Å². The second kappa shape index (κ2) is 4.08. The molecule has 1 aromatic heterocycles. The van der Waals surface area contributed by atoms with Gasteiger partial charge in [-0.2, -0.15) is 0 Å². The molecule has 0 atom stereocenters. The monoisotopic (exact) mass is 176 g/mol. The van der Waals surface area contributed by atoms with Crippen molar-refractivity contribution in [3.63, 3.8) is 0 Å². The fraction of sp³-hybridized carbons (Fsp3) is 0.364. The van der Waals surface area contributed by atoms with Crippen molar-refractivity contribution in [3.8, 4) is 0 Å². The lowest BCUT2D eigenvalue weighted by Crippen LogP contribution is -1.79. The third-order valence-corrected chi connectivity index (χ3v) is 2.04. The van der Waals surface area contributed by atoms with Gasteiger partial charge in [-0.1, -0.05) is 13.8 Å². The number of nitrogens with zero attached hydrogens (tertiary/aromatic N) is 1. The zero-order valence-corrected chi connectivity index (χ0v) is 8.68. The summed E-state index contributed by atoms with van der Waals surface area (Å²) in [5, 5.41) is 0. The molecule has 2 nitrogen and oxygen atoms in total. The van der Waals surface area contributed by atoms with E-state index < -0.39 is 0 Å². The number of imidazole rings is 1. The summed E-state index contributed by atoms with van der Waals surface area (Å²) in [5.74, 6) is 0. The normalized spacial score (nSPS) is 9.54. The highest BCUT2D eigenvalue weighted by molar-refractivity contribution is 5.76. The smallest absolute Gasteiger partial charge is 0.0931 e. The molecule has 1 aromatic carbocycles. The van der Waals surface area contributed by atoms with E-state index in [1.165, 1.54) is 11.1 Å². The number of rotatable bonds is 0. The first-order valence-corrected chi connectivity index (χ1v) is 4.68. The van der Waals surface area contributed by atoms with Crippen molar-refractivity contribution < 1.29 is 0 Å². The SMILES string of the molecule is CC.Cc1cc2nc[nH]c2cc1C. The summed E-state index contributed by atoms with van der Waals surface area (Å²) >= 11 is 0. The molecule has 1 heterocycles. The fourth-order valence-electron chi connectivity index (χ4n) is 1.19. The van der Waals surface area contributed by atoms with Crippen molar-refractivity contribution in [1.29, 1.82) is 0 Å². The number of hydrogen-bond donors (Lipinski definition) is 1. The third kappa shape index (κ3) is 1.89. The van der Waals surface area contributed by atoms with Gasteiger partial charge in [0.2, 0.25) is 0 Å². The minimum Gasteiger partial charge on any atom is -0.345 e. The predicted octanol–water partition coefficient (Wildman–Crippen LogP) is 3.21. The van der Waals surface area contributed by atoms with E-state index in [0.29, 0.717) is 0 Å². The van der Waals surface area contributed by atoms with Crippen molar-refractivity contribution in [3.05, 3.63) is 29.6 Å². The van der Waals surface area contributed by atoms with Gasteiger partial charge in [0.1, 0.15) is 0 Å². The molecular formula is C11H16N2. The third-order valence-electron chi connectivity index (χ3n) is 2.04. The number of aromatic amines is 1. The van der Waals surface area contributed by atoms with E-state index in [1.54, 1.807) is 6.33 Å². The van der Waals surface area contributed by atoms with Crippen LogP contribution >= 0.6 is 0 Å². The summed E-state index contributed by atoms with van der Waals surface area (Å²) in [6.45, 7) is 8.21. The maximum Gasteiger partial charge on any atom is 0.0931 e. The van der Waals surface area contributed by atoms with E-state index in [1.807, 2.05) is 13.8 Å². The molecule has 0 fully saturated rings. The van der Waals surface area contributed by atoms with E-state index in [-0.39, 0.29) is 0 Å². The van der Waals surface area contributed by atoms with Crippen LogP contribution in [0, 0.1) is 13.8 Å². The highest BCUT2D eigenvalue weighted by Gasteiger charge is 1.97. The van der Waals surface area contributed by atoms with Crippen LogP contribution in [0.5, 0.6) is 0 Å². The number of H-pyrrole nitrogens is 1. The Balaban J connectivity index is 0.000000396. The molecule has 0 aliphatic carbocycles. The van der Waals surface area contributed by atoms with Crippen LogP contribution in [0.2, 0.25) is 0 Å². The molecule has 0 amide bonds. The minimum absolute atomic E-state index is 1.05. The van der Waals surface area contributed by atoms with Gasteiger partial charge in [-0.25, -0.2) is 4.98 Å². The van der Waals surface area contributed by atoms with Crippen LogP contribution in [-0.4, -0.2) is 9.97 Å². The summed E-state index contributed by atoms with van der Waals surface area (Å²) in [5.41, 5.74) is 4.77. The van der Waals surface area contributed by atoms with Gasteiger partial charge in [-0.15, -0.1) is 0 Å². The van der Waals surface area contributed by atoms with Gasteiger partial charge in [0, 0.05) is 0 Å². The first-order valence-electron chi connectivity index (χ1n) is 4.68. The predicted molar refractivity (Wildman–Crippen MR) is 56.9 cm³/mol. The quantitative estimate of drug-likeness (QED) is 0.656. The second-order valence-corrected chi connectivity index (χ2v) is 2.86. The van der Waals surface area contributed by atoms with Crippen LogP contribution in [0.25, 0.3) is 11.0 Å². The van der Waals surface area contributed by atoms with Gasteiger partial charge in [0.05, 0.1) is 17.4 Å². The number of nitrogens with one attached hydrogen (secondary N) is 1. The Kier molecular flexibility index (Phi) is 3.07. The molecule has 0 radical (unpaired) electrons. The van der Waals surface area contributed by atoms with Crippen LogP contribution in [0.3, 0.4) is 0 Å². The molecule has 13 heavy (non-hydrogen) atoms. The summed E-state index contributed by atoms with van der Waals surface area (Å²) in [7, 11) is 0. The molecule has 0 bridgehead atoms. The van der Waals surface area contributed by atoms with Crippen molar-refractivity contribution in [2.45, 2.75) is 27.7 Å². The molecule has 0 spiro atoms. The Morgan fingerprint density at radius 3 is 2.38 bits per heavy atom. The first kappa shape index (κ1) is 9.78. The molecule has 2 aromatic rings. The van der Waals surface area contributed by atoms with Crippen LogP contribution < -0.4 is 0 Å². The van der Waals surface area contributed by atoms with Crippen molar-refractivity contribution in [1.82, 2.24) is 9.97 Å². The number of fused-ring (bicyclic) bond motifs is 1. The maximum absolute atomic E-state index is 4.17. The summed E-state index contributed by atoms with van der Waals surface area (Å²) < 4.78 is 0. The van der Waals surface area contributed by atoms with E-state index >= 15 is 0 Å². The lowest BCUT2D eigenvalue weighted by atomic mass is 10.1. The zero-order chi connectivity index (χ0) is 9.84. The largest absolute Gasteiger partial charge is 0.345 e. The van der Waals surface area contributed by atoms with Gasteiger partial charge in [0.25, 0.3) is 0 Å². The van der Waals surface area contributed by atoms with Gasteiger partial charge in [-0.3, -0.25) is 0 Å². The lowest BCUT2D eigenvalue weighted by Gasteiger charge is -1.97. The van der Waals surface area contributed by atoms with Gasteiger partial charge < -0.3 is 4.98 Å². The lowest BCUT2D eigenvalue weighted by molar-refractivity contribution is 1.34. The van der Waals surface area contributed by atoms with Gasteiger partial charge in [-0.05, 0) is 37.1 Å². The average Bonchev–Trinajstić information content (AvgIpc) is 2.56. The van der Waals surface area contributed by atoms with Crippen LogP contribution in [0.1, 0.15) is 25.0 Å². The Labute approximate surface area is 79.0 Å². The minimum atomic E-state index is 1.05. The van der Waals surface area contributed by atoms with E-state index in [0.717, 1.165) is 11.0 Å². The molecule has 70 valence electrons. The molecular weight excluding hydrogens is 160 g/mol. The Morgan fingerprint density at radius 1 is 1.08 bits per heavy atom.